The number of nitrogens with zero attached hydrogens (tertiary/aromatic N) is 3. The quantitative estimate of drug-likeness (QED) is 0.862. The Morgan fingerprint density at radius 2 is 2.18 bits per heavy atom. The number of aromatic nitrogens is 2. The second-order valence-electron chi connectivity index (χ2n) is 4.97. The average molecular weight is 234 g/mol. The molecule has 1 fully saturated rings. The summed E-state index contributed by atoms with van der Waals surface area (Å²) in [5.74, 6) is 0.878. The molecule has 2 atom stereocenters. The summed E-state index contributed by atoms with van der Waals surface area (Å²) in [5, 5.41) is 0. The van der Waals surface area contributed by atoms with Crippen LogP contribution in [0.4, 0.5) is 5.95 Å². The molecule has 2 unspecified atom stereocenters. The topological polar surface area (TPSA) is 55.0 Å². The Morgan fingerprint density at radius 1 is 1.47 bits per heavy atom. The maximum absolute atomic E-state index is 5.76. The largest absolute Gasteiger partial charge is 0.338 e. The van der Waals surface area contributed by atoms with Gasteiger partial charge in [-0.05, 0) is 38.2 Å². The second kappa shape index (κ2) is 5.45. The van der Waals surface area contributed by atoms with Crippen LogP contribution >= 0.6 is 0 Å². The van der Waals surface area contributed by atoms with Crippen LogP contribution in [0.3, 0.4) is 0 Å². The predicted octanol–water partition coefficient (Wildman–Crippen LogP) is 1.75. The fraction of sp³-hybridized carbons (Fsp3) is 0.692. The van der Waals surface area contributed by atoms with Gasteiger partial charge in [-0.1, -0.05) is 6.92 Å². The normalized spacial score (nSPS) is 21.8. The van der Waals surface area contributed by atoms with Crippen molar-refractivity contribution in [2.75, 3.05) is 11.4 Å². The van der Waals surface area contributed by atoms with Crippen molar-refractivity contribution in [2.45, 2.75) is 51.6 Å². The molecule has 1 aliphatic rings. The molecule has 94 valence electrons. The van der Waals surface area contributed by atoms with Gasteiger partial charge in [0.1, 0.15) is 0 Å². The molecule has 2 heterocycles. The summed E-state index contributed by atoms with van der Waals surface area (Å²) in [5.41, 5.74) is 6.88. The Kier molecular flexibility index (Phi) is 3.94. The molecule has 1 saturated heterocycles. The molecule has 0 aliphatic carbocycles. The predicted molar refractivity (Wildman–Crippen MR) is 70.0 cm³/mol. The minimum absolute atomic E-state index is 0.166. The number of hydrogen-bond donors (Lipinski definition) is 1. The first-order valence-electron chi connectivity index (χ1n) is 6.54. The highest BCUT2D eigenvalue weighted by atomic mass is 15.3. The van der Waals surface area contributed by atoms with Crippen LogP contribution in [0.2, 0.25) is 0 Å². The van der Waals surface area contributed by atoms with E-state index in [-0.39, 0.29) is 6.04 Å². The summed E-state index contributed by atoms with van der Waals surface area (Å²) < 4.78 is 0. The first-order valence-corrected chi connectivity index (χ1v) is 6.54. The van der Waals surface area contributed by atoms with Crippen molar-refractivity contribution >= 4 is 5.95 Å². The summed E-state index contributed by atoms with van der Waals surface area (Å²) in [6, 6.07) is 0.786. The molecule has 4 heteroatoms. The van der Waals surface area contributed by atoms with Gasteiger partial charge in [0, 0.05) is 31.0 Å². The lowest BCUT2D eigenvalue weighted by molar-refractivity contribution is 0.633. The van der Waals surface area contributed by atoms with Crippen molar-refractivity contribution in [3.63, 3.8) is 0 Å². The van der Waals surface area contributed by atoms with E-state index in [2.05, 4.69) is 21.8 Å². The second-order valence-corrected chi connectivity index (χ2v) is 4.97. The minimum Gasteiger partial charge on any atom is -0.338 e. The van der Waals surface area contributed by atoms with Gasteiger partial charge in [-0.25, -0.2) is 9.97 Å². The summed E-state index contributed by atoms with van der Waals surface area (Å²) in [4.78, 5) is 11.3. The Bertz CT molecular complexity index is 347. The Hall–Kier alpha value is -1.16. The van der Waals surface area contributed by atoms with Gasteiger partial charge < -0.3 is 10.6 Å². The molecule has 0 amide bonds. The Labute approximate surface area is 103 Å². The van der Waals surface area contributed by atoms with E-state index in [9.17, 15) is 0 Å². The Morgan fingerprint density at radius 3 is 2.76 bits per heavy atom. The zero-order valence-corrected chi connectivity index (χ0v) is 10.8. The Balaban J connectivity index is 2.07. The van der Waals surface area contributed by atoms with Crippen molar-refractivity contribution in [1.82, 2.24) is 9.97 Å². The molecule has 0 saturated carbocycles. The first-order chi connectivity index (χ1) is 8.20. The van der Waals surface area contributed by atoms with Gasteiger partial charge in [-0.15, -0.1) is 0 Å². The zero-order chi connectivity index (χ0) is 12.3. The third kappa shape index (κ3) is 2.94. The van der Waals surface area contributed by atoms with Gasteiger partial charge in [0.05, 0.1) is 0 Å². The number of hydrogen-bond acceptors (Lipinski definition) is 4. The maximum Gasteiger partial charge on any atom is 0.225 e. The van der Waals surface area contributed by atoms with Gasteiger partial charge in [-0.3, -0.25) is 0 Å². The van der Waals surface area contributed by atoms with E-state index in [1.807, 2.05) is 19.3 Å². The molecule has 2 N–H and O–H groups in total. The monoisotopic (exact) mass is 234 g/mol. The van der Waals surface area contributed by atoms with Gasteiger partial charge in [-0.2, -0.15) is 0 Å². The zero-order valence-electron chi connectivity index (χ0n) is 10.8. The van der Waals surface area contributed by atoms with E-state index in [4.69, 9.17) is 5.73 Å². The fourth-order valence-electron chi connectivity index (χ4n) is 2.50. The molecule has 4 nitrogen and oxygen atoms in total. The van der Waals surface area contributed by atoms with Crippen LogP contribution in [0.15, 0.2) is 12.4 Å². The third-order valence-corrected chi connectivity index (χ3v) is 3.35. The maximum atomic E-state index is 5.76. The van der Waals surface area contributed by atoms with Crippen LogP contribution in [-0.4, -0.2) is 28.6 Å². The van der Waals surface area contributed by atoms with E-state index in [0.717, 1.165) is 24.5 Å². The number of nitrogens with two attached hydrogens (primary N) is 1. The number of anilines is 1. The van der Waals surface area contributed by atoms with Crippen LogP contribution in [0.5, 0.6) is 0 Å². The van der Waals surface area contributed by atoms with Gasteiger partial charge in [0.25, 0.3) is 0 Å². The molecule has 0 aromatic carbocycles. The molecule has 1 aromatic rings. The van der Waals surface area contributed by atoms with E-state index in [1.165, 1.54) is 19.3 Å². The van der Waals surface area contributed by atoms with Gasteiger partial charge in [0.2, 0.25) is 5.95 Å². The van der Waals surface area contributed by atoms with Crippen LogP contribution in [-0.2, 0) is 6.42 Å². The van der Waals surface area contributed by atoms with Crippen molar-refractivity contribution < 1.29 is 0 Å². The van der Waals surface area contributed by atoms with E-state index >= 15 is 0 Å². The summed E-state index contributed by atoms with van der Waals surface area (Å²) in [7, 11) is 0. The van der Waals surface area contributed by atoms with E-state index < -0.39 is 0 Å². The SMILES string of the molecule is CCC1CCCN1c1ncc(CC(C)N)cn1. The lowest BCUT2D eigenvalue weighted by Crippen LogP contribution is -2.30. The van der Waals surface area contributed by atoms with E-state index in [0.29, 0.717) is 6.04 Å². The third-order valence-electron chi connectivity index (χ3n) is 3.35. The minimum atomic E-state index is 0.166. The lowest BCUT2D eigenvalue weighted by Gasteiger charge is -2.23. The van der Waals surface area contributed by atoms with Crippen molar-refractivity contribution in [3.05, 3.63) is 18.0 Å². The molecule has 2 rings (SSSR count). The molecular weight excluding hydrogens is 212 g/mol. The highest BCUT2D eigenvalue weighted by Gasteiger charge is 2.24. The van der Waals surface area contributed by atoms with Crippen LogP contribution in [0, 0.1) is 0 Å². The summed E-state index contributed by atoms with van der Waals surface area (Å²) in [6.07, 6.45) is 8.36. The molecule has 0 spiro atoms. The molecule has 17 heavy (non-hydrogen) atoms. The first kappa shape index (κ1) is 12.3. The lowest BCUT2D eigenvalue weighted by atomic mass is 10.1. The van der Waals surface area contributed by atoms with Crippen molar-refractivity contribution in [2.24, 2.45) is 5.73 Å². The smallest absolute Gasteiger partial charge is 0.225 e. The van der Waals surface area contributed by atoms with Crippen LogP contribution in [0.1, 0.15) is 38.7 Å². The summed E-state index contributed by atoms with van der Waals surface area (Å²) in [6.45, 7) is 5.32. The van der Waals surface area contributed by atoms with Crippen LogP contribution < -0.4 is 10.6 Å². The molecular formula is C13H22N4. The van der Waals surface area contributed by atoms with Crippen molar-refractivity contribution in [3.8, 4) is 0 Å². The van der Waals surface area contributed by atoms with Gasteiger partial charge in [0.15, 0.2) is 0 Å². The molecule has 1 aliphatic heterocycles. The average Bonchev–Trinajstić information content (AvgIpc) is 2.77. The highest BCUT2D eigenvalue weighted by molar-refractivity contribution is 5.33. The standard InChI is InChI=1S/C13H22N4/c1-3-12-5-4-6-17(12)13-15-8-11(9-16-13)7-10(2)14/h8-10,12H,3-7,14H2,1-2H3. The number of rotatable bonds is 4. The van der Waals surface area contributed by atoms with Crippen LogP contribution in [0.25, 0.3) is 0 Å². The fourth-order valence-corrected chi connectivity index (χ4v) is 2.50. The van der Waals surface area contributed by atoms with Crippen molar-refractivity contribution in [1.29, 1.82) is 0 Å². The highest BCUT2D eigenvalue weighted by Crippen LogP contribution is 2.23. The molecule has 0 radical (unpaired) electrons. The van der Waals surface area contributed by atoms with E-state index in [1.54, 1.807) is 0 Å². The molecule has 0 bridgehead atoms. The van der Waals surface area contributed by atoms with Gasteiger partial charge >= 0.3 is 0 Å². The summed E-state index contributed by atoms with van der Waals surface area (Å²) >= 11 is 0. The molecule has 1 aromatic heterocycles.